The van der Waals surface area contributed by atoms with E-state index in [1.165, 1.54) is 0 Å². The quantitative estimate of drug-likeness (QED) is 0.179. The zero-order valence-electron chi connectivity index (χ0n) is 16.6. The highest BCUT2D eigenvalue weighted by atomic mass is 17.0. The number of likely N-dealkylation sites (N-methyl/N-ethyl adjacent to an activating group) is 4. The van der Waals surface area contributed by atoms with Crippen LogP contribution in [0.3, 0.4) is 0 Å². The second-order valence-corrected chi connectivity index (χ2v) is 5.31. The molecule has 25 heavy (non-hydrogen) atoms. The molecule has 0 aromatic carbocycles. The minimum absolute atomic E-state index is 0.442. The largest absolute Gasteiger partial charge is 0.412 e. The fraction of sp³-hybridized carbons (Fsp3) is 1.00. The smallest absolute Gasteiger partial charge is 0.315 e. The first-order valence-corrected chi connectivity index (χ1v) is 9.63. The summed E-state index contributed by atoms with van der Waals surface area (Å²) in [7, 11) is 0. The summed E-state index contributed by atoms with van der Waals surface area (Å²) < 4.78 is 23.4. The lowest BCUT2D eigenvalue weighted by Crippen LogP contribution is -2.47. The molecule has 0 unspecified atom stereocenters. The predicted molar refractivity (Wildman–Crippen MR) is 101 cm³/mol. The van der Waals surface area contributed by atoms with E-state index in [-0.39, 0.29) is 0 Å². The van der Waals surface area contributed by atoms with E-state index in [9.17, 15) is 0 Å². The Morgan fingerprint density at radius 3 is 0.920 bits per heavy atom. The first-order chi connectivity index (χ1) is 12.2. The molecule has 8 nitrogen and oxygen atoms in total. The van der Waals surface area contributed by atoms with Crippen molar-refractivity contribution in [2.75, 3.05) is 78.8 Å². The molecular weight excluding hydrogens is 324 g/mol. The van der Waals surface area contributed by atoms with Crippen molar-refractivity contribution in [1.82, 2.24) is 21.3 Å². The van der Waals surface area contributed by atoms with Crippen molar-refractivity contribution in [3.8, 4) is 0 Å². The molecule has 0 aromatic heterocycles. The van der Waals surface area contributed by atoms with E-state index in [0.717, 1.165) is 26.2 Å². The number of ether oxygens (including phenoxy) is 4. The lowest BCUT2D eigenvalue weighted by molar-refractivity contribution is -0.497. The van der Waals surface area contributed by atoms with Gasteiger partial charge in [0.05, 0.1) is 26.4 Å². The van der Waals surface area contributed by atoms with E-state index < -0.39 is 6.16 Å². The second-order valence-electron chi connectivity index (χ2n) is 5.31. The monoisotopic (exact) mass is 364 g/mol. The van der Waals surface area contributed by atoms with Gasteiger partial charge in [0, 0.05) is 26.2 Å². The van der Waals surface area contributed by atoms with E-state index >= 15 is 0 Å². The van der Waals surface area contributed by atoms with Crippen LogP contribution in [0.4, 0.5) is 0 Å². The lowest BCUT2D eigenvalue weighted by Gasteiger charge is -2.32. The van der Waals surface area contributed by atoms with Crippen molar-refractivity contribution >= 4 is 0 Å². The summed E-state index contributed by atoms with van der Waals surface area (Å²) in [6.45, 7) is 16.4. The van der Waals surface area contributed by atoms with Gasteiger partial charge < -0.3 is 40.2 Å². The molecule has 0 aromatic rings. The maximum Gasteiger partial charge on any atom is 0.412 e. The Morgan fingerprint density at radius 2 is 0.720 bits per heavy atom. The molecule has 0 aliphatic heterocycles. The average Bonchev–Trinajstić information content (AvgIpc) is 2.63. The van der Waals surface area contributed by atoms with E-state index in [1.807, 2.05) is 0 Å². The molecule has 0 aliphatic carbocycles. The van der Waals surface area contributed by atoms with Gasteiger partial charge >= 0.3 is 6.16 Å². The Bertz CT molecular complexity index is 220. The first kappa shape index (κ1) is 24.7. The van der Waals surface area contributed by atoms with E-state index in [4.69, 9.17) is 18.9 Å². The molecule has 0 radical (unpaired) electrons. The Morgan fingerprint density at radius 1 is 0.480 bits per heavy atom. The van der Waals surface area contributed by atoms with Crippen LogP contribution >= 0.6 is 0 Å². The van der Waals surface area contributed by atoms with Gasteiger partial charge in [-0.05, 0) is 26.2 Å². The first-order valence-electron chi connectivity index (χ1n) is 9.63. The number of nitrogens with one attached hydrogen (secondary N) is 4. The van der Waals surface area contributed by atoms with Crippen molar-refractivity contribution < 1.29 is 18.9 Å². The highest BCUT2D eigenvalue weighted by molar-refractivity contribution is 4.53. The van der Waals surface area contributed by atoms with E-state index in [0.29, 0.717) is 52.6 Å². The lowest BCUT2D eigenvalue weighted by atomic mass is 10.6. The molecule has 0 bridgehead atoms. The van der Waals surface area contributed by atoms with Crippen LogP contribution in [0.1, 0.15) is 27.7 Å². The predicted octanol–water partition coefficient (Wildman–Crippen LogP) is 0.102. The molecule has 0 heterocycles. The third-order valence-electron chi connectivity index (χ3n) is 3.23. The van der Waals surface area contributed by atoms with Gasteiger partial charge in [-0.3, -0.25) is 0 Å². The maximum atomic E-state index is 5.86. The van der Waals surface area contributed by atoms with Crippen molar-refractivity contribution in [3.05, 3.63) is 0 Å². The normalized spacial score (nSPS) is 12.0. The molecular formula is C17H40N4O4. The second kappa shape index (κ2) is 18.5. The number of hydrogen-bond acceptors (Lipinski definition) is 8. The van der Waals surface area contributed by atoms with Gasteiger partial charge in [-0.2, -0.15) is 0 Å². The molecule has 0 saturated carbocycles. The maximum absolute atomic E-state index is 5.86. The van der Waals surface area contributed by atoms with Gasteiger partial charge in [-0.15, -0.1) is 0 Å². The molecule has 0 atom stereocenters. The van der Waals surface area contributed by atoms with Gasteiger partial charge in [0.1, 0.15) is 0 Å². The Balaban J connectivity index is 4.62. The van der Waals surface area contributed by atoms with Crippen molar-refractivity contribution in [1.29, 1.82) is 0 Å². The Hall–Kier alpha value is -0.320. The van der Waals surface area contributed by atoms with Crippen molar-refractivity contribution in [2.24, 2.45) is 0 Å². The third-order valence-corrected chi connectivity index (χ3v) is 3.23. The molecule has 0 saturated heterocycles. The minimum atomic E-state index is -1.46. The topological polar surface area (TPSA) is 85.0 Å². The summed E-state index contributed by atoms with van der Waals surface area (Å²) in [4.78, 5) is 0. The number of rotatable bonds is 20. The summed E-state index contributed by atoms with van der Waals surface area (Å²) in [5.74, 6) is 0. The molecule has 0 aliphatic rings. The van der Waals surface area contributed by atoms with Gasteiger partial charge in [0.15, 0.2) is 0 Å². The molecule has 0 spiro atoms. The van der Waals surface area contributed by atoms with Crippen LogP contribution in [0.5, 0.6) is 0 Å². The van der Waals surface area contributed by atoms with Gasteiger partial charge in [-0.1, -0.05) is 27.7 Å². The van der Waals surface area contributed by atoms with Crippen LogP contribution in [-0.4, -0.2) is 84.9 Å². The Kier molecular flexibility index (Phi) is 18.2. The van der Waals surface area contributed by atoms with Crippen molar-refractivity contribution in [3.63, 3.8) is 0 Å². The van der Waals surface area contributed by atoms with Crippen LogP contribution in [-0.2, 0) is 18.9 Å². The summed E-state index contributed by atoms with van der Waals surface area (Å²) in [5, 5.41) is 12.9. The highest BCUT2D eigenvalue weighted by Gasteiger charge is 2.35. The Labute approximate surface area is 153 Å². The summed E-state index contributed by atoms with van der Waals surface area (Å²) >= 11 is 0. The van der Waals surface area contributed by atoms with Gasteiger partial charge in [0.2, 0.25) is 0 Å². The highest BCUT2D eigenvalue weighted by Crippen LogP contribution is 2.17. The minimum Gasteiger partial charge on any atom is -0.315 e. The standard InChI is InChI=1S/C17H40N4O4/c1-5-18-9-13-22-17(23-14-10-19-6-2,24-15-11-20-7-3)25-16-12-21-8-4/h18-21H,5-16H2,1-4H3. The molecule has 152 valence electrons. The van der Waals surface area contributed by atoms with Gasteiger partial charge in [-0.25, -0.2) is 0 Å². The van der Waals surface area contributed by atoms with Crippen LogP contribution < -0.4 is 21.3 Å². The molecule has 0 fully saturated rings. The number of hydrogen-bond donors (Lipinski definition) is 4. The average molecular weight is 365 g/mol. The van der Waals surface area contributed by atoms with Crippen LogP contribution in [0, 0.1) is 0 Å². The SMILES string of the molecule is CCNCCOC(OCCNCC)(OCCNCC)OCCNCC. The fourth-order valence-electron chi connectivity index (χ4n) is 1.95. The summed E-state index contributed by atoms with van der Waals surface area (Å²) in [6, 6.07) is 0. The fourth-order valence-corrected chi connectivity index (χ4v) is 1.95. The van der Waals surface area contributed by atoms with Crippen LogP contribution in [0.2, 0.25) is 0 Å². The molecule has 0 rings (SSSR count). The molecule has 4 N–H and O–H groups in total. The summed E-state index contributed by atoms with van der Waals surface area (Å²) in [6.07, 6.45) is -1.46. The van der Waals surface area contributed by atoms with E-state index in [2.05, 4.69) is 49.0 Å². The molecule has 0 amide bonds. The van der Waals surface area contributed by atoms with E-state index in [1.54, 1.807) is 0 Å². The van der Waals surface area contributed by atoms with Crippen LogP contribution in [0.25, 0.3) is 0 Å². The third kappa shape index (κ3) is 14.5. The molecule has 8 heteroatoms. The van der Waals surface area contributed by atoms with Gasteiger partial charge in [0.25, 0.3) is 0 Å². The van der Waals surface area contributed by atoms with Crippen molar-refractivity contribution in [2.45, 2.75) is 33.9 Å². The zero-order chi connectivity index (χ0) is 18.6. The zero-order valence-corrected chi connectivity index (χ0v) is 16.6. The van der Waals surface area contributed by atoms with Crippen LogP contribution in [0.15, 0.2) is 0 Å². The summed E-state index contributed by atoms with van der Waals surface area (Å²) in [5.41, 5.74) is 0.